The average Bonchev–Trinajstić information content (AvgIpc) is 3.10. The Bertz CT molecular complexity index is 1130. The zero-order chi connectivity index (χ0) is 21.8. The molecule has 0 spiro atoms. The molecule has 1 aromatic heterocycles. The summed E-state index contributed by atoms with van der Waals surface area (Å²) in [6.45, 7) is 0.437. The van der Waals surface area contributed by atoms with Crippen LogP contribution in [0.3, 0.4) is 0 Å². The lowest BCUT2D eigenvalue weighted by Crippen LogP contribution is -2.26. The van der Waals surface area contributed by atoms with Gasteiger partial charge in [-0.3, -0.25) is 10.1 Å². The van der Waals surface area contributed by atoms with Gasteiger partial charge in [0.15, 0.2) is 0 Å². The maximum Gasteiger partial charge on any atom is 0.407 e. The number of amides is 1. The van der Waals surface area contributed by atoms with Crippen molar-refractivity contribution in [1.29, 1.82) is 0 Å². The summed E-state index contributed by atoms with van der Waals surface area (Å²) in [6.07, 6.45) is 4.15. The van der Waals surface area contributed by atoms with Gasteiger partial charge in [0.05, 0.1) is 4.92 Å². The van der Waals surface area contributed by atoms with Crippen molar-refractivity contribution in [2.75, 3.05) is 18.9 Å². The van der Waals surface area contributed by atoms with Gasteiger partial charge in [0.2, 0.25) is 5.82 Å². The Morgan fingerprint density at radius 3 is 2.45 bits per heavy atom. The first kappa shape index (κ1) is 20.1. The number of anilines is 1. The van der Waals surface area contributed by atoms with Crippen molar-refractivity contribution in [3.05, 3.63) is 93.7 Å². The second-order valence-corrected chi connectivity index (χ2v) is 7.04. The van der Waals surface area contributed by atoms with E-state index in [2.05, 4.69) is 34.6 Å². The second kappa shape index (κ2) is 8.66. The maximum absolute atomic E-state index is 12.1. The normalized spacial score (nSPS) is 12.4. The van der Waals surface area contributed by atoms with E-state index in [9.17, 15) is 14.9 Å². The summed E-state index contributed by atoms with van der Waals surface area (Å²) < 4.78 is 5.46. The van der Waals surface area contributed by atoms with Gasteiger partial charge in [0.1, 0.15) is 6.61 Å². The highest BCUT2D eigenvalue weighted by molar-refractivity contribution is 5.79. The van der Waals surface area contributed by atoms with E-state index < -0.39 is 11.0 Å². The highest BCUT2D eigenvalue weighted by Gasteiger charge is 2.28. The zero-order valence-electron chi connectivity index (χ0n) is 16.5. The predicted octanol–water partition coefficient (Wildman–Crippen LogP) is 4.12. The van der Waals surface area contributed by atoms with Crippen molar-refractivity contribution in [2.45, 2.75) is 5.92 Å². The van der Waals surface area contributed by atoms with Gasteiger partial charge in [-0.05, 0) is 27.8 Å². The summed E-state index contributed by atoms with van der Waals surface area (Å²) in [5, 5.41) is 13.6. The molecule has 0 aliphatic heterocycles. The van der Waals surface area contributed by atoms with Crippen LogP contribution in [0, 0.1) is 10.1 Å². The van der Waals surface area contributed by atoms with Gasteiger partial charge >= 0.3 is 11.8 Å². The number of alkyl carbamates (subject to hydrolysis) is 1. The standard InChI is InChI=1S/C23H20N4O4/c24-22-21(27(29)30)12-15(13-26-22)6-5-11-25-23(28)31-14-20-18-9-3-1-7-16(18)17-8-2-4-10-19(17)20/h1-10,12-13,20H,11,14H2,(H2,24,26)(H,25,28). The zero-order valence-corrected chi connectivity index (χ0v) is 16.5. The van der Waals surface area contributed by atoms with Gasteiger partial charge in [0, 0.05) is 24.7 Å². The summed E-state index contributed by atoms with van der Waals surface area (Å²) in [6, 6.07) is 17.6. The summed E-state index contributed by atoms with van der Waals surface area (Å²) in [4.78, 5) is 26.3. The van der Waals surface area contributed by atoms with Crippen LogP contribution in [0.25, 0.3) is 17.2 Å². The van der Waals surface area contributed by atoms with Crippen molar-refractivity contribution in [1.82, 2.24) is 10.3 Å². The predicted molar refractivity (Wildman–Crippen MR) is 117 cm³/mol. The first-order valence-corrected chi connectivity index (χ1v) is 9.70. The third-order valence-electron chi connectivity index (χ3n) is 5.13. The molecule has 2 aromatic carbocycles. The largest absolute Gasteiger partial charge is 0.449 e. The highest BCUT2D eigenvalue weighted by Crippen LogP contribution is 2.44. The number of nitrogens with one attached hydrogen (secondary N) is 1. The van der Waals surface area contributed by atoms with Gasteiger partial charge in [0.25, 0.3) is 0 Å². The summed E-state index contributed by atoms with van der Waals surface area (Å²) >= 11 is 0. The number of carbonyl (C=O) groups is 1. The van der Waals surface area contributed by atoms with Gasteiger partial charge < -0.3 is 15.8 Å². The summed E-state index contributed by atoms with van der Waals surface area (Å²) in [5.41, 5.74) is 10.4. The topological polar surface area (TPSA) is 120 Å². The van der Waals surface area contributed by atoms with E-state index in [1.54, 1.807) is 12.2 Å². The Kier molecular flexibility index (Phi) is 5.61. The number of nitrogens with zero attached hydrogens (tertiary/aromatic N) is 2. The minimum Gasteiger partial charge on any atom is -0.449 e. The third kappa shape index (κ3) is 4.23. The molecule has 4 rings (SSSR count). The molecule has 1 aliphatic carbocycles. The van der Waals surface area contributed by atoms with Crippen LogP contribution in [0.5, 0.6) is 0 Å². The Morgan fingerprint density at radius 1 is 1.16 bits per heavy atom. The smallest absolute Gasteiger partial charge is 0.407 e. The molecule has 0 saturated carbocycles. The highest BCUT2D eigenvalue weighted by atomic mass is 16.6. The third-order valence-corrected chi connectivity index (χ3v) is 5.13. The number of ether oxygens (including phenoxy) is 1. The van der Waals surface area contributed by atoms with Crippen LogP contribution in [0.4, 0.5) is 16.3 Å². The average molecular weight is 416 g/mol. The van der Waals surface area contributed by atoms with Gasteiger partial charge in [-0.25, -0.2) is 9.78 Å². The molecule has 0 radical (unpaired) electrons. The van der Waals surface area contributed by atoms with Crippen molar-refractivity contribution >= 4 is 23.7 Å². The molecule has 156 valence electrons. The fraction of sp³-hybridized carbons (Fsp3) is 0.130. The fourth-order valence-corrected chi connectivity index (χ4v) is 3.70. The van der Waals surface area contributed by atoms with E-state index in [0.29, 0.717) is 5.56 Å². The molecule has 1 heterocycles. The number of fused-ring (bicyclic) bond motifs is 3. The van der Waals surface area contributed by atoms with E-state index in [0.717, 1.165) is 11.1 Å². The van der Waals surface area contributed by atoms with Crippen LogP contribution in [-0.2, 0) is 4.74 Å². The molecule has 0 saturated heterocycles. The van der Waals surface area contributed by atoms with E-state index in [1.165, 1.54) is 23.4 Å². The monoisotopic (exact) mass is 416 g/mol. The van der Waals surface area contributed by atoms with Crippen molar-refractivity contribution < 1.29 is 14.5 Å². The minimum atomic E-state index is -0.589. The Morgan fingerprint density at radius 2 is 1.81 bits per heavy atom. The number of nitrogen functional groups attached to an aromatic ring is 1. The number of hydrogen-bond acceptors (Lipinski definition) is 6. The second-order valence-electron chi connectivity index (χ2n) is 7.04. The number of aromatic nitrogens is 1. The van der Waals surface area contributed by atoms with Crippen LogP contribution in [0.1, 0.15) is 22.6 Å². The lowest BCUT2D eigenvalue weighted by atomic mass is 9.98. The molecule has 8 heteroatoms. The SMILES string of the molecule is Nc1ncc(C=CCNC(=O)OCC2c3ccccc3-c3ccccc32)cc1[N+](=O)[O-]. The van der Waals surface area contributed by atoms with Crippen molar-refractivity contribution in [3.8, 4) is 11.1 Å². The van der Waals surface area contributed by atoms with Crippen LogP contribution in [0.15, 0.2) is 66.9 Å². The van der Waals surface area contributed by atoms with Crippen LogP contribution < -0.4 is 11.1 Å². The lowest BCUT2D eigenvalue weighted by molar-refractivity contribution is -0.384. The van der Waals surface area contributed by atoms with Crippen molar-refractivity contribution in [2.24, 2.45) is 0 Å². The lowest BCUT2D eigenvalue weighted by Gasteiger charge is -2.14. The molecule has 1 amide bonds. The molecule has 0 bridgehead atoms. The number of carbonyl (C=O) groups excluding carboxylic acids is 1. The minimum absolute atomic E-state index is 0.00454. The number of benzene rings is 2. The quantitative estimate of drug-likeness (QED) is 0.461. The number of hydrogen-bond donors (Lipinski definition) is 2. The van der Waals surface area contributed by atoms with E-state index >= 15 is 0 Å². The fourth-order valence-electron chi connectivity index (χ4n) is 3.70. The van der Waals surface area contributed by atoms with E-state index in [-0.39, 0.29) is 30.6 Å². The molecule has 8 nitrogen and oxygen atoms in total. The molecule has 31 heavy (non-hydrogen) atoms. The van der Waals surface area contributed by atoms with Crippen LogP contribution in [0.2, 0.25) is 0 Å². The number of nitro groups is 1. The Labute approximate surface area is 178 Å². The Balaban J connectivity index is 1.33. The molecule has 0 unspecified atom stereocenters. The van der Waals surface area contributed by atoms with Gasteiger partial charge in [-0.2, -0.15) is 0 Å². The van der Waals surface area contributed by atoms with E-state index in [4.69, 9.17) is 10.5 Å². The number of pyridine rings is 1. The van der Waals surface area contributed by atoms with Gasteiger partial charge in [-0.15, -0.1) is 0 Å². The molecular formula is C23H20N4O4. The van der Waals surface area contributed by atoms with E-state index in [1.807, 2.05) is 24.3 Å². The molecular weight excluding hydrogens is 396 g/mol. The number of nitrogens with two attached hydrogens (primary N) is 1. The molecule has 1 aliphatic rings. The van der Waals surface area contributed by atoms with Crippen LogP contribution in [-0.4, -0.2) is 29.2 Å². The summed E-state index contributed by atoms with van der Waals surface area (Å²) in [7, 11) is 0. The van der Waals surface area contributed by atoms with Gasteiger partial charge in [-0.1, -0.05) is 60.7 Å². The van der Waals surface area contributed by atoms with Crippen molar-refractivity contribution in [3.63, 3.8) is 0 Å². The van der Waals surface area contributed by atoms with Crippen LogP contribution >= 0.6 is 0 Å². The summed E-state index contributed by atoms with van der Waals surface area (Å²) in [5.74, 6) is -0.144. The molecule has 3 N–H and O–H groups in total. The number of rotatable bonds is 6. The molecule has 0 fully saturated rings. The molecule has 3 aromatic rings. The first-order valence-electron chi connectivity index (χ1n) is 9.70. The molecule has 0 atom stereocenters. The first-order chi connectivity index (χ1) is 15.0. The maximum atomic E-state index is 12.1. The Hall–Kier alpha value is -4.20.